The summed E-state index contributed by atoms with van der Waals surface area (Å²) in [7, 11) is 3.26. The van der Waals surface area contributed by atoms with Crippen LogP contribution in [0.2, 0.25) is 0 Å². The number of nitrogens with zero attached hydrogens (tertiary/aromatic N) is 2. The fraction of sp³-hybridized carbons (Fsp3) is 0.333. The molecule has 2 heterocycles. The average molecular weight is 421 g/mol. The molecule has 7 heteroatoms. The number of rotatable bonds is 6. The van der Waals surface area contributed by atoms with Crippen molar-refractivity contribution in [2.45, 2.75) is 25.8 Å². The molecule has 0 aliphatic carbocycles. The van der Waals surface area contributed by atoms with Gasteiger partial charge in [-0.25, -0.2) is 0 Å². The van der Waals surface area contributed by atoms with E-state index in [1.54, 1.807) is 21.1 Å². The Morgan fingerprint density at radius 2 is 1.84 bits per heavy atom. The molecule has 1 aliphatic rings. The highest BCUT2D eigenvalue weighted by Crippen LogP contribution is 2.29. The van der Waals surface area contributed by atoms with Crippen LogP contribution in [0.4, 0.5) is 5.69 Å². The lowest BCUT2D eigenvalue weighted by atomic mass is 10.0. The Balaban J connectivity index is 1.52. The van der Waals surface area contributed by atoms with Gasteiger partial charge in [-0.1, -0.05) is 35.5 Å². The molecule has 162 valence electrons. The van der Waals surface area contributed by atoms with Crippen LogP contribution in [0.25, 0.3) is 11.3 Å². The monoisotopic (exact) mass is 421 g/mol. The maximum absolute atomic E-state index is 13.4. The van der Waals surface area contributed by atoms with Crippen molar-refractivity contribution in [3.63, 3.8) is 0 Å². The van der Waals surface area contributed by atoms with Crippen molar-refractivity contribution in [1.29, 1.82) is 0 Å². The molecule has 1 N–H and O–H groups in total. The van der Waals surface area contributed by atoms with Gasteiger partial charge < -0.3 is 24.2 Å². The van der Waals surface area contributed by atoms with Crippen LogP contribution in [0.15, 0.2) is 53.1 Å². The van der Waals surface area contributed by atoms with Crippen LogP contribution in [0.5, 0.6) is 11.5 Å². The summed E-state index contributed by atoms with van der Waals surface area (Å²) in [5, 5.41) is 7.69. The van der Waals surface area contributed by atoms with Crippen molar-refractivity contribution in [3.05, 3.63) is 59.9 Å². The zero-order chi connectivity index (χ0) is 21.8. The zero-order valence-electron chi connectivity index (χ0n) is 18.1. The Labute approximate surface area is 181 Å². The number of nitrogens with one attached hydrogen (secondary N) is 1. The van der Waals surface area contributed by atoms with Crippen LogP contribution in [-0.4, -0.2) is 49.3 Å². The molecule has 1 atom stereocenters. The Kier molecular flexibility index (Phi) is 6.11. The number of aryl methyl sites for hydroxylation is 1. The standard InChI is InChI=1S/C24H27N3O4/c1-16-22(23(26-31-16)17-8-5-4-6-9-17)24(28)27-11-7-10-18(15-27)25-19-12-20(29-2)14-21(13-19)30-3/h4-6,8-9,12-14,18,25H,7,10-11,15H2,1-3H3/t18-/m0/s1. The van der Waals surface area contributed by atoms with E-state index in [1.165, 1.54) is 0 Å². The largest absolute Gasteiger partial charge is 0.497 e. The lowest BCUT2D eigenvalue weighted by Crippen LogP contribution is -2.45. The summed E-state index contributed by atoms with van der Waals surface area (Å²) in [5.41, 5.74) is 2.91. The van der Waals surface area contributed by atoms with Gasteiger partial charge >= 0.3 is 0 Å². The third-order valence-electron chi connectivity index (χ3n) is 5.55. The molecule has 1 amide bonds. The van der Waals surface area contributed by atoms with E-state index in [-0.39, 0.29) is 11.9 Å². The van der Waals surface area contributed by atoms with Gasteiger partial charge in [0.15, 0.2) is 0 Å². The second-order valence-corrected chi connectivity index (χ2v) is 7.66. The van der Waals surface area contributed by atoms with Gasteiger partial charge in [-0.15, -0.1) is 0 Å². The summed E-state index contributed by atoms with van der Waals surface area (Å²) in [5.74, 6) is 1.93. The lowest BCUT2D eigenvalue weighted by molar-refractivity contribution is 0.0713. The quantitative estimate of drug-likeness (QED) is 0.636. The van der Waals surface area contributed by atoms with Crippen LogP contribution in [0.1, 0.15) is 29.0 Å². The maximum Gasteiger partial charge on any atom is 0.259 e. The number of piperidine rings is 1. The van der Waals surface area contributed by atoms with Gasteiger partial charge in [-0.3, -0.25) is 4.79 Å². The molecule has 2 aromatic carbocycles. The molecular weight excluding hydrogens is 394 g/mol. The van der Waals surface area contributed by atoms with E-state index >= 15 is 0 Å². The minimum Gasteiger partial charge on any atom is -0.497 e. The van der Waals surface area contributed by atoms with Gasteiger partial charge in [0.05, 0.1) is 14.2 Å². The molecule has 1 saturated heterocycles. The van der Waals surface area contributed by atoms with Crippen LogP contribution < -0.4 is 14.8 Å². The predicted octanol–water partition coefficient (Wildman–Crippen LogP) is 4.38. The number of hydrogen-bond donors (Lipinski definition) is 1. The van der Waals surface area contributed by atoms with Crippen LogP contribution in [0.3, 0.4) is 0 Å². The van der Waals surface area contributed by atoms with Crippen molar-refractivity contribution < 1.29 is 18.8 Å². The average Bonchev–Trinajstić information content (AvgIpc) is 3.20. The molecule has 7 nitrogen and oxygen atoms in total. The van der Waals surface area contributed by atoms with Crippen LogP contribution >= 0.6 is 0 Å². The predicted molar refractivity (Wildman–Crippen MR) is 119 cm³/mol. The summed E-state index contributed by atoms with van der Waals surface area (Å²) in [4.78, 5) is 15.3. The number of methoxy groups -OCH3 is 2. The Morgan fingerprint density at radius 3 is 2.52 bits per heavy atom. The summed E-state index contributed by atoms with van der Waals surface area (Å²) >= 11 is 0. The first kappa shape index (κ1) is 20.8. The highest BCUT2D eigenvalue weighted by Gasteiger charge is 2.30. The van der Waals surface area contributed by atoms with E-state index in [4.69, 9.17) is 14.0 Å². The number of aromatic nitrogens is 1. The van der Waals surface area contributed by atoms with Gasteiger partial charge in [-0.2, -0.15) is 0 Å². The fourth-order valence-electron chi connectivity index (χ4n) is 3.98. The molecule has 1 fully saturated rings. The molecule has 0 spiro atoms. The number of anilines is 1. The molecule has 3 aromatic rings. The Hall–Kier alpha value is -3.48. The van der Waals surface area contributed by atoms with Crippen molar-refractivity contribution >= 4 is 11.6 Å². The zero-order valence-corrected chi connectivity index (χ0v) is 18.1. The third kappa shape index (κ3) is 4.50. The minimum atomic E-state index is -0.0488. The first-order chi connectivity index (χ1) is 15.1. The van der Waals surface area contributed by atoms with Crippen molar-refractivity contribution in [1.82, 2.24) is 10.1 Å². The number of ether oxygens (including phenoxy) is 2. The van der Waals surface area contributed by atoms with Crippen LogP contribution in [0, 0.1) is 6.92 Å². The van der Waals surface area contributed by atoms with E-state index in [9.17, 15) is 4.79 Å². The summed E-state index contributed by atoms with van der Waals surface area (Å²) in [6.07, 6.45) is 1.88. The molecular formula is C24H27N3O4. The summed E-state index contributed by atoms with van der Waals surface area (Å²) in [6.45, 7) is 3.09. The van der Waals surface area contributed by atoms with Crippen molar-refractivity contribution in [2.75, 3.05) is 32.6 Å². The van der Waals surface area contributed by atoms with Gasteiger partial charge in [-0.05, 0) is 19.8 Å². The molecule has 31 heavy (non-hydrogen) atoms. The number of carbonyl (C=O) groups is 1. The van der Waals surface area contributed by atoms with Gasteiger partial charge in [0.1, 0.15) is 28.5 Å². The normalized spacial score (nSPS) is 16.1. The fourth-order valence-corrected chi connectivity index (χ4v) is 3.98. The highest BCUT2D eigenvalue weighted by molar-refractivity contribution is 6.00. The number of likely N-dealkylation sites (tertiary alicyclic amines) is 1. The number of amides is 1. The second-order valence-electron chi connectivity index (χ2n) is 7.66. The van der Waals surface area contributed by atoms with Gasteiger partial charge in [0, 0.05) is 48.6 Å². The second kappa shape index (κ2) is 9.12. The maximum atomic E-state index is 13.4. The van der Waals surface area contributed by atoms with Gasteiger partial charge in [0.25, 0.3) is 5.91 Å². The molecule has 0 unspecified atom stereocenters. The Morgan fingerprint density at radius 1 is 1.13 bits per heavy atom. The topological polar surface area (TPSA) is 76.8 Å². The van der Waals surface area contributed by atoms with Crippen molar-refractivity contribution in [2.24, 2.45) is 0 Å². The molecule has 0 bridgehead atoms. The summed E-state index contributed by atoms with van der Waals surface area (Å²) in [6, 6.07) is 15.5. The van der Waals surface area contributed by atoms with E-state index < -0.39 is 0 Å². The van der Waals surface area contributed by atoms with Crippen molar-refractivity contribution in [3.8, 4) is 22.8 Å². The molecule has 1 aliphatic heterocycles. The first-order valence-corrected chi connectivity index (χ1v) is 10.4. The van der Waals surface area contributed by atoms with Crippen LogP contribution in [-0.2, 0) is 0 Å². The number of carbonyl (C=O) groups excluding carboxylic acids is 1. The molecule has 0 saturated carbocycles. The van der Waals surface area contributed by atoms with E-state index in [1.807, 2.05) is 53.4 Å². The minimum absolute atomic E-state index is 0.0488. The summed E-state index contributed by atoms with van der Waals surface area (Å²) < 4.78 is 16.1. The Bertz CT molecular complexity index is 1030. The van der Waals surface area contributed by atoms with E-state index in [2.05, 4.69) is 10.5 Å². The number of hydrogen-bond acceptors (Lipinski definition) is 6. The molecule has 0 radical (unpaired) electrons. The van der Waals surface area contributed by atoms with E-state index in [0.717, 1.165) is 35.6 Å². The first-order valence-electron chi connectivity index (χ1n) is 10.4. The lowest BCUT2D eigenvalue weighted by Gasteiger charge is -2.34. The molecule has 1 aromatic heterocycles. The SMILES string of the molecule is COc1cc(N[C@H]2CCCN(C(=O)c3c(-c4ccccc4)noc3C)C2)cc(OC)c1. The smallest absolute Gasteiger partial charge is 0.259 e. The van der Waals surface area contributed by atoms with Gasteiger partial charge in [0.2, 0.25) is 0 Å². The number of benzene rings is 2. The highest BCUT2D eigenvalue weighted by atomic mass is 16.5. The molecule has 4 rings (SSSR count). The third-order valence-corrected chi connectivity index (χ3v) is 5.55. The van der Waals surface area contributed by atoms with E-state index in [0.29, 0.717) is 30.1 Å².